The highest BCUT2D eigenvalue weighted by Gasteiger charge is 2.21. The summed E-state index contributed by atoms with van der Waals surface area (Å²) in [5, 5.41) is 21.4. The maximum Gasteiger partial charge on any atom is 0.303 e. The van der Waals surface area contributed by atoms with Gasteiger partial charge in [0.1, 0.15) is 18.1 Å². The minimum atomic E-state index is -0.945. The van der Waals surface area contributed by atoms with E-state index >= 15 is 0 Å². The molecule has 5 rings (SSSR count). The van der Waals surface area contributed by atoms with Crippen molar-refractivity contribution in [2.75, 3.05) is 33.5 Å². The molecule has 0 aliphatic carbocycles. The van der Waals surface area contributed by atoms with Gasteiger partial charge in [-0.15, -0.1) is 0 Å². The van der Waals surface area contributed by atoms with Gasteiger partial charge in [0.05, 0.1) is 6.61 Å². The highest BCUT2D eigenvalue weighted by Crippen LogP contribution is 2.37. The number of carboxylic acid groups (broad SMARTS) is 2. The summed E-state index contributed by atoms with van der Waals surface area (Å²) in [4.78, 5) is 38.0. The number of ether oxygens (including phenoxy) is 4. The molecule has 11 heteroatoms. The normalized spacial score (nSPS) is 15.5. The second-order valence-corrected chi connectivity index (χ2v) is 11.6. The number of amides is 1. The number of hydrogen-bond donors (Lipinski definition) is 3. The van der Waals surface area contributed by atoms with Gasteiger partial charge in [-0.25, -0.2) is 0 Å². The molecule has 244 valence electrons. The Morgan fingerprint density at radius 1 is 0.957 bits per heavy atom. The predicted molar refractivity (Wildman–Crippen MR) is 170 cm³/mol. The highest BCUT2D eigenvalue weighted by molar-refractivity contribution is 5.96. The van der Waals surface area contributed by atoms with Crippen molar-refractivity contribution in [3.05, 3.63) is 71.3 Å². The quantitative estimate of drug-likeness (QED) is 0.182. The number of hydrogen-bond acceptors (Lipinski definition) is 8. The van der Waals surface area contributed by atoms with Gasteiger partial charge in [0.2, 0.25) is 6.79 Å². The Kier molecular flexibility index (Phi) is 11.0. The van der Waals surface area contributed by atoms with E-state index in [1.807, 2.05) is 36.4 Å². The minimum absolute atomic E-state index is 0.0273. The van der Waals surface area contributed by atoms with Crippen molar-refractivity contribution in [1.82, 2.24) is 10.2 Å². The smallest absolute Gasteiger partial charge is 0.303 e. The lowest BCUT2D eigenvalue weighted by Crippen LogP contribution is -2.31. The molecule has 1 atom stereocenters. The molecule has 2 heterocycles. The van der Waals surface area contributed by atoms with Crippen molar-refractivity contribution in [3.8, 4) is 34.1 Å². The van der Waals surface area contributed by atoms with Gasteiger partial charge in [0, 0.05) is 36.6 Å². The standard InChI is InChI=1S/C35H40N2O9/c1-37-15-3-6-27(37)13-14-36-35(42)26-17-25(23-9-11-31-32(20-23)46-22-45-31)18-28(19-26)44-21-24-5-2-7-30(29(24)10-12-34(40)41)43-16-4-8-33(38)39/h2,5,7,9,11,17-20,27H,3-4,6,8,10,12-16,21-22H2,1H3,(H,36,42)(H,38,39)(H,40,41). The van der Waals surface area contributed by atoms with Crippen LogP contribution in [0.3, 0.4) is 0 Å². The molecule has 2 aliphatic heterocycles. The van der Waals surface area contributed by atoms with Crippen LogP contribution in [0.1, 0.15) is 60.0 Å². The fraction of sp³-hybridized carbons (Fsp3) is 0.400. The van der Waals surface area contributed by atoms with E-state index in [1.165, 1.54) is 6.42 Å². The number of nitrogens with one attached hydrogen (secondary N) is 1. The van der Waals surface area contributed by atoms with E-state index in [0.717, 1.165) is 36.1 Å². The van der Waals surface area contributed by atoms with Crippen molar-refractivity contribution in [2.24, 2.45) is 0 Å². The highest BCUT2D eigenvalue weighted by atomic mass is 16.7. The van der Waals surface area contributed by atoms with E-state index in [4.69, 9.17) is 24.1 Å². The Labute approximate surface area is 268 Å². The van der Waals surface area contributed by atoms with E-state index in [1.54, 1.807) is 18.2 Å². The summed E-state index contributed by atoms with van der Waals surface area (Å²) in [6.07, 6.45) is 3.58. The van der Waals surface area contributed by atoms with Crippen LogP contribution in [0.2, 0.25) is 0 Å². The Bertz CT molecular complexity index is 1560. The summed E-state index contributed by atoms with van der Waals surface area (Å²) in [6, 6.07) is 16.8. The number of carbonyl (C=O) groups excluding carboxylic acids is 1. The average molecular weight is 633 g/mol. The lowest BCUT2D eigenvalue weighted by molar-refractivity contribution is -0.138. The monoisotopic (exact) mass is 632 g/mol. The lowest BCUT2D eigenvalue weighted by Gasteiger charge is -2.19. The molecular weight excluding hydrogens is 592 g/mol. The van der Waals surface area contributed by atoms with Gasteiger partial charge in [-0.1, -0.05) is 18.2 Å². The second-order valence-electron chi connectivity index (χ2n) is 11.6. The molecule has 2 aliphatic rings. The van der Waals surface area contributed by atoms with Crippen molar-refractivity contribution in [2.45, 2.75) is 57.6 Å². The molecule has 3 N–H and O–H groups in total. The zero-order chi connectivity index (χ0) is 32.5. The van der Waals surface area contributed by atoms with Crippen LogP contribution < -0.4 is 24.3 Å². The summed E-state index contributed by atoms with van der Waals surface area (Å²) in [7, 11) is 2.12. The number of carboxylic acids is 2. The van der Waals surface area contributed by atoms with Crippen molar-refractivity contribution < 1.29 is 43.5 Å². The number of rotatable bonds is 16. The summed E-state index contributed by atoms with van der Waals surface area (Å²) in [5.74, 6) is 0.187. The third-order valence-electron chi connectivity index (χ3n) is 8.32. The van der Waals surface area contributed by atoms with Gasteiger partial charge >= 0.3 is 11.9 Å². The lowest BCUT2D eigenvalue weighted by atomic mass is 10.0. The number of fused-ring (bicyclic) bond motifs is 1. The zero-order valence-electron chi connectivity index (χ0n) is 26.0. The first-order chi connectivity index (χ1) is 22.3. The topological polar surface area (TPSA) is 144 Å². The molecule has 1 unspecified atom stereocenters. The fourth-order valence-electron chi connectivity index (χ4n) is 5.82. The van der Waals surface area contributed by atoms with Crippen LogP contribution >= 0.6 is 0 Å². The SMILES string of the molecule is CN1CCCC1CCNC(=O)c1cc(OCc2cccc(OCCCC(=O)O)c2CCC(=O)O)cc(-c2ccc3c(c2)OCO3)c1. The molecule has 46 heavy (non-hydrogen) atoms. The minimum Gasteiger partial charge on any atom is -0.493 e. The molecular formula is C35H40N2O9. The summed E-state index contributed by atoms with van der Waals surface area (Å²) in [5.41, 5.74) is 3.46. The van der Waals surface area contributed by atoms with Crippen LogP contribution in [0.5, 0.6) is 23.0 Å². The first kappa shape index (κ1) is 32.6. The van der Waals surface area contributed by atoms with Gasteiger partial charge in [0.25, 0.3) is 5.91 Å². The van der Waals surface area contributed by atoms with E-state index in [2.05, 4.69) is 17.3 Å². The molecule has 0 aromatic heterocycles. The Hall–Kier alpha value is -4.77. The van der Waals surface area contributed by atoms with Gasteiger partial charge in [0.15, 0.2) is 11.5 Å². The van der Waals surface area contributed by atoms with Crippen molar-refractivity contribution in [3.63, 3.8) is 0 Å². The van der Waals surface area contributed by atoms with Crippen LogP contribution in [-0.2, 0) is 22.6 Å². The molecule has 0 radical (unpaired) electrons. The van der Waals surface area contributed by atoms with Gasteiger partial charge in [-0.3, -0.25) is 14.4 Å². The Morgan fingerprint density at radius 2 is 1.78 bits per heavy atom. The molecule has 0 spiro atoms. The third kappa shape index (κ3) is 8.69. The van der Waals surface area contributed by atoms with Crippen LogP contribution in [-0.4, -0.2) is 72.5 Å². The Balaban J connectivity index is 1.37. The molecule has 3 aromatic rings. The van der Waals surface area contributed by atoms with Gasteiger partial charge in [-0.2, -0.15) is 0 Å². The van der Waals surface area contributed by atoms with Crippen LogP contribution in [0.15, 0.2) is 54.6 Å². The van der Waals surface area contributed by atoms with E-state index < -0.39 is 11.9 Å². The van der Waals surface area contributed by atoms with Crippen molar-refractivity contribution in [1.29, 1.82) is 0 Å². The Morgan fingerprint density at radius 3 is 2.57 bits per heavy atom. The number of benzene rings is 3. The average Bonchev–Trinajstić information content (AvgIpc) is 3.69. The summed E-state index contributed by atoms with van der Waals surface area (Å²) < 4.78 is 23.2. The first-order valence-electron chi connectivity index (χ1n) is 15.6. The maximum atomic E-state index is 13.4. The predicted octanol–water partition coefficient (Wildman–Crippen LogP) is 5.14. The van der Waals surface area contributed by atoms with E-state index in [-0.39, 0.29) is 45.2 Å². The summed E-state index contributed by atoms with van der Waals surface area (Å²) >= 11 is 0. The number of carbonyl (C=O) groups is 3. The fourth-order valence-corrected chi connectivity index (χ4v) is 5.82. The molecule has 1 fully saturated rings. The number of likely N-dealkylation sites (tertiary alicyclic amines) is 1. The maximum absolute atomic E-state index is 13.4. The molecule has 3 aromatic carbocycles. The second kappa shape index (κ2) is 15.5. The van der Waals surface area contributed by atoms with Crippen LogP contribution in [0, 0.1) is 0 Å². The summed E-state index contributed by atoms with van der Waals surface area (Å²) in [6.45, 7) is 2.07. The van der Waals surface area contributed by atoms with Crippen LogP contribution in [0.25, 0.3) is 11.1 Å². The molecule has 1 amide bonds. The molecule has 0 saturated carbocycles. The van der Waals surface area contributed by atoms with E-state index in [0.29, 0.717) is 53.1 Å². The van der Waals surface area contributed by atoms with Crippen molar-refractivity contribution >= 4 is 17.8 Å². The third-order valence-corrected chi connectivity index (χ3v) is 8.32. The number of nitrogens with zero attached hydrogens (tertiary/aromatic N) is 1. The molecule has 11 nitrogen and oxygen atoms in total. The molecule has 1 saturated heterocycles. The first-order valence-corrected chi connectivity index (χ1v) is 15.6. The largest absolute Gasteiger partial charge is 0.493 e. The number of aliphatic carboxylic acids is 2. The molecule has 0 bridgehead atoms. The van der Waals surface area contributed by atoms with Gasteiger partial charge in [-0.05, 0) is 98.8 Å². The van der Waals surface area contributed by atoms with Crippen LogP contribution in [0.4, 0.5) is 0 Å². The van der Waals surface area contributed by atoms with Gasteiger partial charge < -0.3 is 39.4 Å². The van der Waals surface area contributed by atoms with E-state index in [9.17, 15) is 19.5 Å². The zero-order valence-corrected chi connectivity index (χ0v) is 26.0.